The van der Waals surface area contributed by atoms with Gasteiger partial charge >= 0.3 is 6.18 Å². The Hall–Kier alpha value is -1.06. The van der Waals surface area contributed by atoms with E-state index in [1.54, 1.807) is 7.11 Å². The summed E-state index contributed by atoms with van der Waals surface area (Å²) >= 11 is 0. The van der Waals surface area contributed by atoms with E-state index in [1.165, 1.54) is 0 Å². The molecule has 0 amide bonds. The number of alkyl halides is 3. The van der Waals surface area contributed by atoms with Gasteiger partial charge in [0.15, 0.2) is 5.96 Å². The Morgan fingerprint density at radius 1 is 1.00 bits per heavy atom. The molecule has 0 rings (SSSR count). The predicted octanol–water partition coefficient (Wildman–Crippen LogP) is 1.56. The third kappa shape index (κ3) is 17.1. The van der Waals surface area contributed by atoms with Crippen molar-refractivity contribution in [2.45, 2.75) is 25.9 Å². The third-order valence-electron chi connectivity index (χ3n) is 2.52. The van der Waals surface area contributed by atoms with Crippen LogP contribution in [0.4, 0.5) is 13.2 Å². The van der Waals surface area contributed by atoms with Crippen LogP contribution in [0.2, 0.25) is 0 Å². The third-order valence-corrected chi connectivity index (χ3v) is 2.52. The van der Waals surface area contributed by atoms with Crippen molar-refractivity contribution in [2.24, 2.45) is 4.99 Å². The molecule has 0 aromatic heterocycles. The lowest BCUT2D eigenvalue weighted by Gasteiger charge is -2.11. The lowest BCUT2D eigenvalue weighted by atomic mass is 10.4. The number of methoxy groups -OCH3 is 1. The molecular weight excluding hydrogens is 315 g/mol. The minimum absolute atomic E-state index is 0.0375. The second kappa shape index (κ2) is 14.5. The van der Waals surface area contributed by atoms with Crippen LogP contribution in [0.1, 0.15) is 19.8 Å². The Kier molecular flexibility index (Phi) is 13.9. The van der Waals surface area contributed by atoms with Gasteiger partial charge in [0, 0.05) is 40.0 Å². The van der Waals surface area contributed by atoms with Crippen LogP contribution in [-0.2, 0) is 14.2 Å². The minimum atomic E-state index is -4.27. The highest BCUT2D eigenvalue weighted by atomic mass is 19.4. The molecule has 0 aromatic rings. The number of nitrogens with one attached hydrogen (secondary N) is 2. The lowest BCUT2D eigenvalue weighted by Crippen LogP contribution is -2.38. The molecule has 0 fully saturated rings. The van der Waals surface area contributed by atoms with Gasteiger partial charge in [0.2, 0.25) is 0 Å². The fourth-order valence-electron chi connectivity index (χ4n) is 1.51. The molecule has 0 saturated heterocycles. The predicted molar refractivity (Wildman–Crippen MR) is 82.8 cm³/mol. The topological polar surface area (TPSA) is 64.1 Å². The Morgan fingerprint density at radius 2 is 1.74 bits per heavy atom. The Labute approximate surface area is 135 Å². The molecule has 138 valence electrons. The standard InChI is InChI=1S/C14H28F3N3O3/c1-3-18-13(19-6-4-8-22-11-10-21-2)20-7-5-9-23-12-14(15,16)17/h3-12H2,1-2H3,(H2,18,19,20). The highest BCUT2D eigenvalue weighted by Gasteiger charge is 2.27. The summed E-state index contributed by atoms with van der Waals surface area (Å²) in [6.07, 6.45) is -3.01. The van der Waals surface area contributed by atoms with E-state index < -0.39 is 12.8 Å². The van der Waals surface area contributed by atoms with Crippen molar-refractivity contribution in [3.63, 3.8) is 0 Å². The summed E-state index contributed by atoms with van der Waals surface area (Å²) in [6, 6.07) is 0. The van der Waals surface area contributed by atoms with E-state index in [4.69, 9.17) is 9.47 Å². The van der Waals surface area contributed by atoms with Gasteiger partial charge in [0.25, 0.3) is 0 Å². The first-order valence-electron chi connectivity index (χ1n) is 7.73. The quantitative estimate of drug-likeness (QED) is 0.302. The van der Waals surface area contributed by atoms with E-state index >= 15 is 0 Å². The highest BCUT2D eigenvalue weighted by molar-refractivity contribution is 5.79. The van der Waals surface area contributed by atoms with Crippen LogP contribution in [-0.4, -0.2) is 71.9 Å². The first-order chi connectivity index (χ1) is 11.0. The number of aliphatic imine (C=N–C) groups is 1. The molecule has 0 aliphatic rings. The number of halogens is 3. The van der Waals surface area contributed by atoms with Crippen LogP contribution in [0.5, 0.6) is 0 Å². The Morgan fingerprint density at radius 3 is 2.39 bits per heavy atom. The molecule has 0 bridgehead atoms. The zero-order valence-corrected chi connectivity index (χ0v) is 13.9. The van der Waals surface area contributed by atoms with Crippen LogP contribution in [0, 0.1) is 0 Å². The summed E-state index contributed by atoms with van der Waals surface area (Å²) < 4.78 is 50.3. The fraction of sp³-hybridized carbons (Fsp3) is 0.929. The Balaban J connectivity index is 3.70. The van der Waals surface area contributed by atoms with Crippen molar-refractivity contribution in [3.05, 3.63) is 0 Å². The van der Waals surface area contributed by atoms with Crippen molar-refractivity contribution in [2.75, 3.05) is 59.8 Å². The van der Waals surface area contributed by atoms with Gasteiger partial charge in [-0.15, -0.1) is 0 Å². The van der Waals surface area contributed by atoms with Gasteiger partial charge in [0.1, 0.15) is 6.61 Å². The van der Waals surface area contributed by atoms with Crippen molar-refractivity contribution in [3.8, 4) is 0 Å². The van der Waals surface area contributed by atoms with E-state index in [-0.39, 0.29) is 6.61 Å². The minimum Gasteiger partial charge on any atom is -0.382 e. The van der Waals surface area contributed by atoms with E-state index in [1.807, 2.05) is 6.92 Å². The van der Waals surface area contributed by atoms with Crippen molar-refractivity contribution in [1.82, 2.24) is 10.6 Å². The van der Waals surface area contributed by atoms with Gasteiger partial charge in [-0.3, -0.25) is 4.99 Å². The summed E-state index contributed by atoms with van der Waals surface area (Å²) in [5, 5.41) is 6.20. The second-order valence-corrected chi connectivity index (χ2v) is 4.67. The van der Waals surface area contributed by atoms with Gasteiger partial charge in [0.05, 0.1) is 13.2 Å². The number of hydrogen-bond donors (Lipinski definition) is 2. The SMILES string of the molecule is CCNC(=NCCCOCC(F)(F)F)NCCCOCCOC. The lowest BCUT2D eigenvalue weighted by molar-refractivity contribution is -0.173. The molecule has 0 heterocycles. The fourth-order valence-corrected chi connectivity index (χ4v) is 1.51. The van der Waals surface area contributed by atoms with Gasteiger partial charge in [-0.25, -0.2) is 0 Å². The van der Waals surface area contributed by atoms with Crippen molar-refractivity contribution >= 4 is 5.96 Å². The maximum Gasteiger partial charge on any atom is 0.411 e. The van der Waals surface area contributed by atoms with E-state index in [0.717, 1.165) is 6.42 Å². The molecule has 0 radical (unpaired) electrons. The average Bonchev–Trinajstić information content (AvgIpc) is 2.48. The summed E-state index contributed by atoms with van der Waals surface area (Å²) in [4.78, 5) is 4.27. The summed E-state index contributed by atoms with van der Waals surface area (Å²) in [7, 11) is 1.62. The van der Waals surface area contributed by atoms with E-state index in [2.05, 4.69) is 20.4 Å². The van der Waals surface area contributed by atoms with Gasteiger partial charge < -0.3 is 24.8 Å². The summed E-state index contributed by atoms with van der Waals surface area (Å²) in [5.74, 6) is 0.639. The molecule has 0 unspecified atom stereocenters. The molecule has 0 aromatic carbocycles. The first-order valence-corrected chi connectivity index (χ1v) is 7.73. The van der Waals surface area contributed by atoms with Gasteiger partial charge in [-0.2, -0.15) is 13.2 Å². The van der Waals surface area contributed by atoms with Crippen LogP contribution in [0.15, 0.2) is 4.99 Å². The molecule has 0 aliphatic carbocycles. The number of guanidine groups is 1. The van der Waals surface area contributed by atoms with Crippen molar-refractivity contribution in [1.29, 1.82) is 0 Å². The average molecular weight is 343 g/mol. The van der Waals surface area contributed by atoms with E-state index in [0.29, 0.717) is 51.8 Å². The maximum atomic E-state index is 11.9. The van der Waals surface area contributed by atoms with Crippen LogP contribution < -0.4 is 10.6 Å². The smallest absolute Gasteiger partial charge is 0.382 e. The largest absolute Gasteiger partial charge is 0.411 e. The molecule has 9 heteroatoms. The van der Waals surface area contributed by atoms with Gasteiger partial charge in [-0.05, 0) is 19.8 Å². The van der Waals surface area contributed by atoms with Crippen LogP contribution in [0.3, 0.4) is 0 Å². The van der Waals surface area contributed by atoms with Crippen LogP contribution >= 0.6 is 0 Å². The number of nitrogens with zero attached hydrogens (tertiary/aromatic N) is 1. The number of rotatable bonds is 13. The number of hydrogen-bond acceptors (Lipinski definition) is 4. The summed E-state index contributed by atoms with van der Waals surface area (Å²) in [5.41, 5.74) is 0. The molecule has 6 nitrogen and oxygen atoms in total. The normalized spacial score (nSPS) is 12.5. The molecule has 23 heavy (non-hydrogen) atoms. The molecular formula is C14H28F3N3O3. The van der Waals surface area contributed by atoms with Crippen LogP contribution in [0.25, 0.3) is 0 Å². The molecule has 0 aliphatic heterocycles. The van der Waals surface area contributed by atoms with Crippen molar-refractivity contribution < 1.29 is 27.4 Å². The molecule has 0 atom stereocenters. The molecule has 0 saturated carbocycles. The Bertz CT molecular complexity index is 303. The van der Waals surface area contributed by atoms with E-state index in [9.17, 15) is 13.2 Å². The first kappa shape index (κ1) is 21.9. The molecule has 0 spiro atoms. The highest BCUT2D eigenvalue weighted by Crippen LogP contribution is 2.14. The zero-order valence-electron chi connectivity index (χ0n) is 13.9. The van der Waals surface area contributed by atoms with Gasteiger partial charge in [-0.1, -0.05) is 0 Å². The maximum absolute atomic E-state index is 11.9. The molecule has 2 N–H and O–H groups in total. The monoisotopic (exact) mass is 343 g/mol. The number of ether oxygens (including phenoxy) is 3. The zero-order chi connectivity index (χ0) is 17.4. The summed E-state index contributed by atoms with van der Waals surface area (Å²) in [6.45, 7) is 4.35. The second-order valence-electron chi connectivity index (χ2n) is 4.67.